The van der Waals surface area contributed by atoms with Gasteiger partial charge in [-0.1, -0.05) is 43.3 Å². The maximum atomic E-state index is 2.46. The van der Waals surface area contributed by atoms with Gasteiger partial charge in [0.05, 0.1) is 10.9 Å². The highest BCUT2D eigenvalue weighted by atomic mass is 15.0. The highest BCUT2D eigenvalue weighted by Crippen LogP contribution is 2.37. The van der Waals surface area contributed by atoms with Crippen molar-refractivity contribution in [1.29, 1.82) is 0 Å². The Bertz CT molecular complexity index is 819. The second kappa shape index (κ2) is 4.70. The van der Waals surface area contributed by atoms with Crippen LogP contribution in [0.5, 0.6) is 0 Å². The van der Waals surface area contributed by atoms with Crippen LogP contribution in [0, 0.1) is 0 Å². The third-order valence-corrected chi connectivity index (χ3v) is 4.81. The maximum absolute atomic E-state index is 2.46. The molecule has 2 aromatic carbocycles. The smallest absolute Gasteiger partial charge is 0.195 e. The van der Waals surface area contributed by atoms with Crippen molar-refractivity contribution >= 4 is 10.8 Å². The fraction of sp³-hybridized carbons (Fsp3) is 0.250. The molecule has 1 heteroatoms. The maximum Gasteiger partial charge on any atom is 0.220 e. The number of aromatic nitrogens is 1. The number of hydrogen-bond acceptors (Lipinski definition) is 0. The van der Waals surface area contributed by atoms with Crippen LogP contribution in [-0.2, 0) is 0 Å². The van der Waals surface area contributed by atoms with E-state index < -0.39 is 0 Å². The molecule has 0 fully saturated rings. The average Bonchev–Trinajstić information content (AvgIpc) is 2.63. The minimum Gasteiger partial charge on any atom is -0.195 e. The summed E-state index contributed by atoms with van der Waals surface area (Å²) in [6.07, 6.45) is 3.45. The van der Waals surface area contributed by atoms with Gasteiger partial charge in [0.15, 0.2) is 12.2 Å². The van der Waals surface area contributed by atoms with Gasteiger partial charge in [-0.3, -0.25) is 0 Å². The van der Waals surface area contributed by atoms with Gasteiger partial charge in [0.25, 0.3) is 0 Å². The molecule has 0 N–H and O–H groups in total. The van der Waals surface area contributed by atoms with Crippen molar-refractivity contribution in [2.45, 2.75) is 32.2 Å². The summed E-state index contributed by atoms with van der Waals surface area (Å²) in [5.74, 6) is 0.592. The van der Waals surface area contributed by atoms with E-state index in [4.69, 9.17) is 0 Å². The number of hydrogen-bond donors (Lipinski definition) is 0. The Kier molecular flexibility index (Phi) is 2.81. The first-order valence-electron chi connectivity index (χ1n) is 7.78. The van der Waals surface area contributed by atoms with Crippen molar-refractivity contribution in [3.05, 3.63) is 66.4 Å². The van der Waals surface area contributed by atoms with Gasteiger partial charge in [0, 0.05) is 12.5 Å². The van der Waals surface area contributed by atoms with Crippen LogP contribution in [0.2, 0.25) is 0 Å². The molecule has 1 aliphatic rings. The molecule has 1 aliphatic heterocycles. The van der Waals surface area contributed by atoms with E-state index in [-0.39, 0.29) is 0 Å². The van der Waals surface area contributed by atoms with E-state index in [1.165, 1.54) is 34.0 Å². The SMILES string of the molecule is CC1CC(C)[n+]2ccc3ccccc3c2-c2ccccc21. The topological polar surface area (TPSA) is 3.88 Å². The largest absolute Gasteiger partial charge is 0.220 e. The molecule has 104 valence electrons. The summed E-state index contributed by atoms with van der Waals surface area (Å²) in [5, 5.41) is 2.67. The molecule has 2 atom stereocenters. The zero-order chi connectivity index (χ0) is 14.4. The second-order valence-electron chi connectivity index (χ2n) is 6.23. The Hall–Kier alpha value is -2.15. The van der Waals surface area contributed by atoms with E-state index in [2.05, 4.69) is 79.2 Å². The molecule has 0 bridgehead atoms. The fourth-order valence-corrected chi connectivity index (χ4v) is 3.78. The molecule has 0 aliphatic carbocycles. The minimum absolute atomic E-state index is 0.520. The molecule has 0 saturated heterocycles. The minimum atomic E-state index is 0.520. The van der Waals surface area contributed by atoms with Crippen molar-refractivity contribution in [2.75, 3.05) is 0 Å². The molecule has 0 spiro atoms. The zero-order valence-corrected chi connectivity index (χ0v) is 12.6. The van der Waals surface area contributed by atoms with Crippen molar-refractivity contribution in [2.24, 2.45) is 0 Å². The average molecular weight is 274 g/mol. The highest BCUT2D eigenvalue weighted by Gasteiger charge is 2.30. The molecule has 21 heavy (non-hydrogen) atoms. The van der Waals surface area contributed by atoms with E-state index >= 15 is 0 Å². The van der Waals surface area contributed by atoms with Gasteiger partial charge in [-0.25, -0.2) is 0 Å². The van der Waals surface area contributed by atoms with E-state index in [0.717, 1.165) is 0 Å². The summed E-state index contributed by atoms with van der Waals surface area (Å²) in [7, 11) is 0. The van der Waals surface area contributed by atoms with Crippen LogP contribution in [-0.4, -0.2) is 0 Å². The van der Waals surface area contributed by atoms with Crippen molar-refractivity contribution in [1.82, 2.24) is 0 Å². The fourth-order valence-electron chi connectivity index (χ4n) is 3.78. The van der Waals surface area contributed by atoms with Gasteiger partial charge in [-0.15, -0.1) is 0 Å². The predicted molar refractivity (Wildman–Crippen MR) is 87.3 cm³/mol. The number of pyridine rings is 1. The summed E-state index contributed by atoms with van der Waals surface area (Å²) in [4.78, 5) is 0. The second-order valence-corrected chi connectivity index (χ2v) is 6.23. The quantitative estimate of drug-likeness (QED) is 0.515. The summed E-state index contributed by atoms with van der Waals surface area (Å²) >= 11 is 0. The van der Waals surface area contributed by atoms with Crippen molar-refractivity contribution < 1.29 is 4.57 Å². The first-order chi connectivity index (χ1) is 10.3. The van der Waals surface area contributed by atoms with Crippen LogP contribution in [0.25, 0.3) is 22.0 Å². The first-order valence-corrected chi connectivity index (χ1v) is 7.78. The summed E-state index contributed by atoms with van der Waals surface area (Å²) < 4.78 is 2.46. The lowest BCUT2D eigenvalue weighted by atomic mass is 9.91. The summed E-state index contributed by atoms with van der Waals surface area (Å²) in [5.41, 5.74) is 4.25. The molecule has 1 nitrogen and oxygen atoms in total. The van der Waals surface area contributed by atoms with Crippen molar-refractivity contribution in [3.8, 4) is 11.3 Å². The molecule has 2 unspecified atom stereocenters. The first kappa shape index (κ1) is 12.6. The molecule has 4 rings (SSSR count). The zero-order valence-electron chi connectivity index (χ0n) is 12.6. The van der Waals surface area contributed by atoms with E-state index in [9.17, 15) is 0 Å². The molecule has 1 aromatic heterocycles. The normalized spacial score (nSPS) is 20.7. The third-order valence-electron chi connectivity index (χ3n) is 4.81. The lowest BCUT2D eigenvalue weighted by Gasteiger charge is -2.10. The molecule has 0 saturated carbocycles. The van der Waals surface area contributed by atoms with Crippen LogP contribution in [0.1, 0.15) is 37.8 Å². The number of fused-ring (bicyclic) bond motifs is 5. The van der Waals surface area contributed by atoms with Crippen LogP contribution in [0.3, 0.4) is 0 Å². The Morgan fingerprint density at radius 2 is 1.67 bits per heavy atom. The molecular weight excluding hydrogens is 254 g/mol. The van der Waals surface area contributed by atoms with Crippen LogP contribution < -0.4 is 4.57 Å². The molecule has 2 heterocycles. The number of rotatable bonds is 0. The Morgan fingerprint density at radius 3 is 2.57 bits per heavy atom. The van der Waals surface area contributed by atoms with Crippen molar-refractivity contribution in [3.63, 3.8) is 0 Å². The molecule has 0 radical (unpaired) electrons. The molecule has 0 amide bonds. The van der Waals surface area contributed by atoms with Gasteiger partial charge in [-0.2, -0.15) is 4.57 Å². The summed E-state index contributed by atoms with van der Waals surface area (Å²) in [6.45, 7) is 4.69. The van der Waals surface area contributed by atoms with Gasteiger partial charge in [0.1, 0.15) is 0 Å². The van der Waals surface area contributed by atoms with E-state index in [1.54, 1.807) is 0 Å². The van der Waals surface area contributed by atoms with E-state index in [0.29, 0.717) is 12.0 Å². The Labute approximate surface area is 125 Å². The predicted octanol–water partition coefficient (Wildman–Crippen LogP) is 4.86. The third kappa shape index (κ3) is 1.88. The van der Waals surface area contributed by atoms with Gasteiger partial charge < -0.3 is 0 Å². The Balaban J connectivity index is 2.16. The Morgan fingerprint density at radius 1 is 0.905 bits per heavy atom. The van der Waals surface area contributed by atoms with Gasteiger partial charge in [0.2, 0.25) is 5.69 Å². The lowest BCUT2D eigenvalue weighted by Crippen LogP contribution is -2.39. The van der Waals surface area contributed by atoms with Crippen LogP contribution >= 0.6 is 0 Å². The highest BCUT2D eigenvalue weighted by molar-refractivity contribution is 5.93. The number of nitrogens with zero attached hydrogens (tertiary/aromatic N) is 1. The molecule has 3 aromatic rings. The van der Waals surface area contributed by atoms with Crippen LogP contribution in [0.15, 0.2) is 60.8 Å². The van der Waals surface area contributed by atoms with Gasteiger partial charge >= 0.3 is 0 Å². The summed E-state index contributed by atoms with van der Waals surface area (Å²) in [6, 6.07) is 20.4. The lowest BCUT2D eigenvalue weighted by molar-refractivity contribution is -0.708. The standard InChI is InChI=1S/C20H20N/c1-14-13-15(2)21-12-11-16-7-3-4-9-18(16)20(21)19-10-6-5-8-17(14)19/h3-12,14-15H,13H2,1-2H3/q+1. The van der Waals surface area contributed by atoms with Gasteiger partial charge in [-0.05, 0) is 35.9 Å². The molecular formula is C20H20N+. The monoisotopic (exact) mass is 274 g/mol. The van der Waals surface area contributed by atoms with E-state index in [1.807, 2.05) is 0 Å². The van der Waals surface area contributed by atoms with Crippen LogP contribution in [0.4, 0.5) is 0 Å². The number of benzene rings is 2.